The maximum atomic E-state index is 9.42. The minimum absolute atomic E-state index is 0.254. The molecule has 25 heavy (non-hydrogen) atoms. The van der Waals surface area contributed by atoms with Gasteiger partial charge in [-0.3, -0.25) is 0 Å². The van der Waals surface area contributed by atoms with Gasteiger partial charge in [0.15, 0.2) is 0 Å². The van der Waals surface area contributed by atoms with E-state index >= 15 is 0 Å². The fourth-order valence-corrected chi connectivity index (χ4v) is 3.27. The van der Waals surface area contributed by atoms with Gasteiger partial charge in [0.05, 0.1) is 16.3 Å². The molecule has 2 heterocycles. The van der Waals surface area contributed by atoms with Crippen LogP contribution in [0.3, 0.4) is 0 Å². The first-order valence-electron chi connectivity index (χ1n) is 8.29. The molecule has 2 aromatic rings. The summed E-state index contributed by atoms with van der Waals surface area (Å²) in [5.41, 5.74) is 1.44. The molecule has 130 valence electrons. The lowest BCUT2D eigenvalue weighted by Gasteiger charge is -2.35. The van der Waals surface area contributed by atoms with Crippen molar-refractivity contribution in [3.8, 4) is 6.07 Å². The van der Waals surface area contributed by atoms with Gasteiger partial charge in [-0.1, -0.05) is 17.7 Å². The average molecular weight is 357 g/mol. The number of rotatable bonds is 4. The zero-order valence-electron chi connectivity index (χ0n) is 14.4. The van der Waals surface area contributed by atoms with Gasteiger partial charge >= 0.3 is 0 Å². The molecule has 1 saturated heterocycles. The van der Waals surface area contributed by atoms with E-state index in [1.165, 1.54) is 0 Å². The molecule has 0 radical (unpaired) electrons. The van der Waals surface area contributed by atoms with E-state index in [2.05, 4.69) is 26.3 Å². The van der Waals surface area contributed by atoms with E-state index in [0.717, 1.165) is 37.4 Å². The number of nitriles is 1. The Labute approximate surface area is 153 Å². The molecule has 0 spiro atoms. The van der Waals surface area contributed by atoms with Crippen molar-refractivity contribution >= 4 is 29.1 Å². The molecule has 1 aromatic carbocycles. The van der Waals surface area contributed by atoms with E-state index in [9.17, 15) is 5.26 Å². The predicted molar refractivity (Wildman–Crippen MR) is 101 cm³/mol. The predicted octanol–water partition coefficient (Wildman–Crippen LogP) is 3.15. The Kier molecular flexibility index (Phi) is 5.25. The number of aromatic nitrogens is 2. The number of benzene rings is 1. The second kappa shape index (κ2) is 7.58. The summed E-state index contributed by atoms with van der Waals surface area (Å²) in [6.45, 7) is 1.72. The summed E-state index contributed by atoms with van der Waals surface area (Å²) in [6.07, 6.45) is 3.86. The van der Waals surface area contributed by atoms with Gasteiger partial charge in [0.2, 0.25) is 5.95 Å². The molecule has 0 amide bonds. The molecule has 1 unspecified atom stereocenters. The Morgan fingerprint density at radius 1 is 1.36 bits per heavy atom. The highest BCUT2D eigenvalue weighted by atomic mass is 35.5. The highest BCUT2D eigenvalue weighted by Crippen LogP contribution is 2.29. The summed E-state index contributed by atoms with van der Waals surface area (Å²) in [5.74, 6) is 1.50. The fourth-order valence-electron chi connectivity index (χ4n) is 3.05. The molecule has 3 rings (SSSR count). The van der Waals surface area contributed by atoms with Crippen LogP contribution in [0.5, 0.6) is 0 Å². The van der Waals surface area contributed by atoms with E-state index in [0.29, 0.717) is 16.5 Å². The van der Waals surface area contributed by atoms with Gasteiger partial charge in [-0.25, -0.2) is 4.98 Å². The van der Waals surface area contributed by atoms with Crippen molar-refractivity contribution in [3.63, 3.8) is 0 Å². The monoisotopic (exact) mass is 356 g/mol. The first kappa shape index (κ1) is 17.3. The number of piperidine rings is 1. The van der Waals surface area contributed by atoms with Crippen LogP contribution in [0.4, 0.5) is 17.5 Å². The van der Waals surface area contributed by atoms with Gasteiger partial charge in [-0.05, 0) is 31.0 Å². The number of nitrogens with zero attached hydrogens (tertiary/aromatic N) is 5. The third kappa shape index (κ3) is 3.94. The van der Waals surface area contributed by atoms with Gasteiger partial charge in [-0.2, -0.15) is 10.2 Å². The third-order valence-electron chi connectivity index (χ3n) is 4.26. The normalized spacial score (nSPS) is 17.0. The summed E-state index contributed by atoms with van der Waals surface area (Å²) in [6, 6.07) is 9.97. The quantitative estimate of drug-likeness (QED) is 0.907. The van der Waals surface area contributed by atoms with E-state index in [1.807, 2.05) is 37.2 Å². The maximum Gasteiger partial charge on any atom is 0.226 e. The maximum absolute atomic E-state index is 9.42. The fraction of sp³-hybridized carbons (Fsp3) is 0.389. The molecule has 1 N–H and O–H groups in total. The van der Waals surface area contributed by atoms with Gasteiger partial charge in [0.25, 0.3) is 0 Å². The molecule has 6 nitrogen and oxygen atoms in total. The van der Waals surface area contributed by atoms with Crippen molar-refractivity contribution in [3.05, 3.63) is 41.0 Å². The van der Waals surface area contributed by atoms with Crippen LogP contribution >= 0.6 is 11.6 Å². The number of hydrogen-bond donors (Lipinski definition) is 1. The van der Waals surface area contributed by atoms with Crippen LogP contribution in [0.1, 0.15) is 18.4 Å². The molecule has 0 aliphatic carbocycles. The number of anilines is 3. The lowest BCUT2D eigenvalue weighted by atomic mass is 10.0. The Hall–Kier alpha value is -2.52. The van der Waals surface area contributed by atoms with Gasteiger partial charge in [0.1, 0.15) is 11.9 Å². The largest absolute Gasteiger partial charge is 0.368 e. The van der Waals surface area contributed by atoms with Crippen molar-refractivity contribution in [1.82, 2.24) is 9.97 Å². The van der Waals surface area contributed by atoms with Crippen LogP contribution in [0.2, 0.25) is 5.02 Å². The second-order valence-corrected chi connectivity index (χ2v) is 6.72. The van der Waals surface area contributed by atoms with E-state index in [4.69, 9.17) is 11.6 Å². The number of hydrogen-bond acceptors (Lipinski definition) is 6. The molecule has 0 saturated carbocycles. The first-order chi connectivity index (χ1) is 12.1. The lowest BCUT2D eigenvalue weighted by molar-refractivity contribution is 0.528. The van der Waals surface area contributed by atoms with Crippen LogP contribution in [0.15, 0.2) is 30.5 Å². The minimum Gasteiger partial charge on any atom is -0.368 e. The Balaban J connectivity index is 1.75. The molecule has 1 atom stereocenters. The van der Waals surface area contributed by atoms with Crippen LogP contribution in [-0.4, -0.2) is 43.2 Å². The molecular weight excluding hydrogens is 336 g/mol. The third-order valence-corrected chi connectivity index (χ3v) is 4.58. The summed E-state index contributed by atoms with van der Waals surface area (Å²) in [4.78, 5) is 12.9. The molecule has 7 heteroatoms. The van der Waals surface area contributed by atoms with Gasteiger partial charge < -0.3 is 15.1 Å². The zero-order valence-corrected chi connectivity index (χ0v) is 15.2. The van der Waals surface area contributed by atoms with Crippen LogP contribution in [0.25, 0.3) is 0 Å². The molecule has 1 aromatic heterocycles. The van der Waals surface area contributed by atoms with Crippen molar-refractivity contribution < 1.29 is 0 Å². The van der Waals surface area contributed by atoms with Crippen molar-refractivity contribution in [1.29, 1.82) is 5.26 Å². The topological polar surface area (TPSA) is 68.1 Å². The summed E-state index contributed by atoms with van der Waals surface area (Å²) < 4.78 is 0. The van der Waals surface area contributed by atoms with Crippen LogP contribution in [-0.2, 0) is 0 Å². The van der Waals surface area contributed by atoms with Crippen molar-refractivity contribution in [2.24, 2.45) is 0 Å². The van der Waals surface area contributed by atoms with Crippen molar-refractivity contribution in [2.75, 3.05) is 42.3 Å². The van der Waals surface area contributed by atoms with Crippen LogP contribution in [0, 0.1) is 11.3 Å². The Morgan fingerprint density at radius 3 is 2.96 bits per heavy atom. The number of halogens is 1. The van der Waals surface area contributed by atoms with E-state index in [-0.39, 0.29) is 6.04 Å². The van der Waals surface area contributed by atoms with Crippen molar-refractivity contribution in [2.45, 2.75) is 18.9 Å². The van der Waals surface area contributed by atoms with Gasteiger partial charge in [-0.15, -0.1) is 0 Å². The smallest absolute Gasteiger partial charge is 0.226 e. The highest BCUT2D eigenvalue weighted by Gasteiger charge is 2.23. The second-order valence-electron chi connectivity index (χ2n) is 6.31. The number of nitrogens with one attached hydrogen (secondary N) is 1. The summed E-state index contributed by atoms with van der Waals surface area (Å²) >= 11 is 6.18. The molecule has 1 fully saturated rings. The summed E-state index contributed by atoms with van der Waals surface area (Å²) in [7, 11) is 3.84. The molecule has 1 aliphatic rings. The van der Waals surface area contributed by atoms with Gasteiger partial charge in [0, 0.05) is 39.4 Å². The summed E-state index contributed by atoms with van der Waals surface area (Å²) in [5, 5.41) is 13.4. The first-order valence-corrected chi connectivity index (χ1v) is 8.66. The van der Waals surface area contributed by atoms with E-state index < -0.39 is 0 Å². The molecular formula is C18H21ClN6. The average Bonchev–Trinajstić information content (AvgIpc) is 2.62. The molecule has 0 bridgehead atoms. The zero-order chi connectivity index (χ0) is 17.8. The Bertz CT molecular complexity index is 785. The minimum atomic E-state index is 0.254. The van der Waals surface area contributed by atoms with E-state index in [1.54, 1.807) is 12.3 Å². The highest BCUT2D eigenvalue weighted by molar-refractivity contribution is 6.32. The van der Waals surface area contributed by atoms with Crippen LogP contribution < -0.4 is 15.1 Å². The standard InChI is InChI=1S/C18H21ClN6/c1-24(2)18-21-9-8-17(23-18)22-13-5-4-10-25(12-13)16-7-3-6-15(19)14(16)11-20/h3,6-9,13H,4-5,10,12H2,1-2H3,(H,21,22,23). The Morgan fingerprint density at radius 2 is 2.20 bits per heavy atom. The lowest BCUT2D eigenvalue weighted by Crippen LogP contribution is -2.42. The SMILES string of the molecule is CN(C)c1nccc(NC2CCCN(c3cccc(Cl)c3C#N)C2)n1. The molecule has 1 aliphatic heterocycles.